The molecule has 0 saturated carbocycles. The molecule has 2 N–H and O–H groups in total. The second-order valence-electron chi connectivity index (χ2n) is 19.4. The average molecular weight is 898 g/mol. The molecule has 64 heavy (non-hydrogen) atoms. The van der Waals surface area contributed by atoms with Crippen LogP contribution in [0.25, 0.3) is 0 Å². The number of carbonyl (C=O) groups excluding carboxylic acids is 1. The Kier molecular flexibility index (Phi) is 46.8. The first-order chi connectivity index (χ1) is 31.4. The standard InChI is InChI=1S/C58H107NO5/c1-4-7-10-13-16-19-22-25-28-31-34-37-40-43-46-49-52-58(57(63)64,54-56(61)62)59(53-50-47-44-41-38-35-32-29-26-23-20-17-14-11-8-5-2)55(60)51-48-45-42-39-36-33-30-27-24-21-18-15-12-9-6-3/h25-30H,4-24,31-54H2,1-3H3,(H,61,62)(H,63,64)/t58-/m0/s1. The summed E-state index contributed by atoms with van der Waals surface area (Å²) < 4.78 is 0. The third-order valence-electron chi connectivity index (χ3n) is 13.3. The molecule has 0 saturated heterocycles. The number of carboxylic acids is 2. The summed E-state index contributed by atoms with van der Waals surface area (Å²) in [7, 11) is 0. The van der Waals surface area contributed by atoms with Gasteiger partial charge in [-0.25, -0.2) is 4.79 Å². The summed E-state index contributed by atoms with van der Waals surface area (Å²) in [5, 5.41) is 20.9. The van der Waals surface area contributed by atoms with Crippen molar-refractivity contribution in [2.75, 3.05) is 6.54 Å². The van der Waals surface area contributed by atoms with Crippen LogP contribution in [0, 0.1) is 0 Å². The first-order valence-corrected chi connectivity index (χ1v) is 28.1. The minimum Gasteiger partial charge on any atom is -0.481 e. The Hall–Kier alpha value is -2.37. The number of hydrogen-bond donors (Lipinski definition) is 2. The molecule has 0 aromatic carbocycles. The smallest absolute Gasteiger partial charge is 0.330 e. The third kappa shape index (κ3) is 38.9. The van der Waals surface area contributed by atoms with Crippen molar-refractivity contribution < 1.29 is 24.6 Å². The lowest BCUT2D eigenvalue weighted by atomic mass is 9.85. The van der Waals surface area contributed by atoms with Crippen molar-refractivity contribution in [3.63, 3.8) is 0 Å². The van der Waals surface area contributed by atoms with Crippen LogP contribution >= 0.6 is 0 Å². The summed E-state index contributed by atoms with van der Waals surface area (Å²) in [5.74, 6) is -2.49. The normalized spacial score (nSPS) is 12.9. The molecule has 374 valence electrons. The third-order valence-corrected chi connectivity index (χ3v) is 13.3. The van der Waals surface area contributed by atoms with Crippen LogP contribution in [-0.2, 0) is 14.4 Å². The molecule has 0 unspecified atom stereocenters. The Morgan fingerprint density at radius 1 is 0.375 bits per heavy atom. The molecule has 0 aliphatic carbocycles. The fourth-order valence-electron chi connectivity index (χ4n) is 9.11. The summed E-state index contributed by atoms with van der Waals surface area (Å²) >= 11 is 0. The Labute approximate surface area is 397 Å². The maximum absolute atomic E-state index is 14.0. The fraction of sp³-hybridized carbons (Fsp3) is 0.845. The number of nitrogens with zero attached hydrogens (tertiary/aromatic N) is 1. The highest BCUT2D eigenvalue weighted by Crippen LogP contribution is 2.31. The van der Waals surface area contributed by atoms with Gasteiger partial charge in [-0.2, -0.15) is 0 Å². The van der Waals surface area contributed by atoms with Crippen LogP contribution in [-0.4, -0.2) is 45.0 Å². The van der Waals surface area contributed by atoms with Gasteiger partial charge in [0.1, 0.15) is 0 Å². The van der Waals surface area contributed by atoms with Gasteiger partial charge >= 0.3 is 11.9 Å². The number of carbonyl (C=O) groups is 3. The minimum atomic E-state index is -1.70. The summed E-state index contributed by atoms with van der Waals surface area (Å²) in [4.78, 5) is 41.1. The highest BCUT2D eigenvalue weighted by atomic mass is 16.4. The van der Waals surface area contributed by atoms with Crippen LogP contribution in [0.15, 0.2) is 36.5 Å². The van der Waals surface area contributed by atoms with Gasteiger partial charge in [-0.05, 0) is 96.3 Å². The molecule has 1 amide bonds. The SMILES string of the molecule is CCCCCCCCC=CCCCCCCCCN(C(=O)CCCCCCCC=CCCCCCCCC)[C@@](CCCCCCCCC=CCCCCCCCC)(CC(=O)O)C(=O)O. The average Bonchev–Trinajstić information content (AvgIpc) is 3.28. The maximum Gasteiger partial charge on any atom is 0.330 e. The molecule has 0 aliphatic rings. The van der Waals surface area contributed by atoms with E-state index in [-0.39, 0.29) is 18.7 Å². The predicted octanol–water partition coefficient (Wildman–Crippen LogP) is 18.6. The van der Waals surface area contributed by atoms with Crippen LogP contribution in [0.3, 0.4) is 0 Å². The lowest BCUT2D eigenvalue weighted by Crippen LogP contribution is -2.58. The van der Waals surface area contributed by atoms with Gasteiger partial charge in [0.05, 0.1) is 6.42 Å². The zero-order valence-electron chi connectivity index (χ0n) is 42.9. The zero-order valence-corrected chi connectivity index (χ0v) is 42.9. The second kappa shape index (κ2) is 48.6. The molecule has 6 nitrogen and oxygen atoms in total. The van der Waals surface area contributed by atoms with Crippen LogP contribution in [0.4, 0.5) is 0 Å². The van der Waals surface area contributed by atoms with Crippen molar-refractivity contribution in [3.8, 4) is 0 Å². The number of hydrogen-bond acceptors (Lipinski definition) is 3. The first kappa shape index (κ1) is 61.6. The minimum absolute atomic E-state index is 0.182. The van der Waals surface area contributed by atoms with E-state index in [1.165, 1.54) is 159 Å². The topological polar surface area (TPSA) is 94.9 Å². The maximum atomic E-state index is 14.0. The number of aliphatic carboxylic acids is 2. The summed E-state index contributed by atoms with van der Waals surface area (Å²) in [6.07, 6.45) is 61.9. The Balaban J connectivity index is 5.03. The van der Waals surface area contributed by atoms with E-state index >= 15 is 0 Å². The molecular formula is C58H107NO5. The van der Waals surface area contributed by atoms with Gasteiger partial charge in [-0.1, -0.05) is 231 Å². The van der Waals surface area contributed by atoms with E-state index in [1.807, 2.05) is 0 Å². The van der Waals surface area contributed by atoms with E-state index in [2.05, 4.69) is 57.2 Å². The highest BCUT2D eigenvalue weighted by molar-refractivity contribution is 5.90. The molecule has 0 spiro atoms. The van der Waals surface area contributed by atoms with E-state index in [4.69, 9.17) is 0 Å². The molecule has 0 aromatic heterocycles. The molecule has 0 aliphatic heterocycles. The molecule has 1 atom stereocenters. The summed E-state index contributed by atoms with van der Waals surface area (Å²) in [5.41, 5.74) is -1.70. The van der Waals surface area contributed by atoms with Crippen molar-refractivity contribution in [1.82, 2.24) is 4.90 Å². The number of amides is 1. The van der Waals surface area contributed by atoms with Gasteiger partial charge in [0.25, 0.3) is 0 Å². The lowest BCUT2D eigenvalue weighted by molar-refractivity contribution is -0.165. The largest absolute Gasteiger partial charge is 0.481 e. The van der Waals surface area contributed by atoms with Crippen molar-refractivity contribution in [2.24, 2.45) is 0 Å². The highest BCUT2D eigenvalue weighted by Gasteiger charge is 2.47. The van der Waals surface area contributed by atoms with Crippen molar-refractivity contribution >= 4 is 17.8 Å². The van der Waals surface area contributed by atoms with Crippen molar-refractivity contribution in [2.45, 2.75) is 309 Å². The summed E-state index contributed by atoms with van der Waals surface area (Å²) in [6, 6.07) is 0. The fourth-order valence-corrected chi connectivity index (χ4v) is 9.11. The second-order valence-corrected chi connectivity index (χ2v) is 19.4. The molecular weight excluding hydrogens is 791 g/mol. The molecule has 0 radical (unpaired) electrons. The molecule has 0 rings (SSSR count). The van der Waals surface area contributed by atoms with Gasteiger partial charge in [-0.15, -0.1) is 0 Å². The van der Waals surface area contributed by atoms with Crippen LogP contribution in [0.5, 0.6) is 0 Å². The quantitative estimate of drug-likeness (QED) is 0.0468. The molecule has 0 heterocycles. The van der Waals surface area contributed by atoms with Crippen LogP contribution in [0.1, 0.15) is 303 Å². The van der Waals surface area contributed by atoms with Crippen LogP contribution in [0.2, 0.25) is 0 Å². The number of carboxylic acid groups (broad SMARTS) is 2. The van der Waals surface area contributed by atoms with Gasteiger partial charge in [-0.3, -0.25) is 9.59 Å². The first-order valence-electron chi connectivity index (χ1n) is 28.1. The van der Waals surface area contributed by atoms with E-state index in [0.717, 1.165) is 89.9 Å². The number of unbranched alkanes of at least 4 members (excludes halogenated alkanes) is 35. The Morgan fingerprint density at radius 2 is 0.656 bits per heavy atom. The zero-order chi connectivity index (χ0) is 46.9. The monoisotopic (exact) mass is 898 g/mol. The van der Waals surface area contributed by atoms with Gasteiger partial charge < -0.3 is 15.1 Å². The van der Waals surface area contributed by atoms with Crippen molar-refractivity contribution in [3.05, 3.63) is 36.5 Å². The van der Waals surface area contributed by atoms with E-state index < -0.39 is 23.9 Å². The summed E-state index contributed by atoms with van der Waals surface area (Å²) in [6.45, 7) is 7.10. The lowest BCUT2D eigenvalue weighted by Gasteiger charge is -2.40. The predicted molar refractivity (Wildman–Crippen MR) is 277 cm³/mol. The van der Waals surface area contributed by atoms with E-state index in [0.29, 0.717) is 25.8 Å². The van der Waals surface area contributed by atoms with Crippen molar-refractivity contribution in [1.29, 1.82) is 0 Å². The Bertz CT molecular complexity index is 1130. The van der Waals surface area contributed by atoms with E-state index in [1.54, 1.807) is 0 Å². The van der Waals surface area contributed by atoms with Gasteiger partial charge in [0, 0.05) is 13.0 Å². The molecule has 6 heteroatoms. The number of rotatable bonds is 51. The van der Waals surface area contributed by atoms with Gasteiger partial charge in [0.2, 0.25) is 5.91 Å². The number of allylic oxidation sites excluding steroid dienone is 6. The van der Waals surface area contributed by atoms with E-state index in [9.17, 15) is 24.6 Å². The van der Waals surface area contributed by atoms with Gasteiger partial charge in [0.15, 0.2) is 5.54 Å². The molecule has 0 bridgehead atoms. The molecule has 0 aromatic rings. The van der Waals surface area contributed by atoms with Crippen LogP contribution < -0.4 is 0 Å². The Morgan fingerprint density at radius 3 is 0.969 bits per heavy atom. The molecule has 0 fully saturated rings.